The summed E-state index contributed by atoms with van der Waals surface area (Å²) in [6.45, 7) is 9.37. The molecule has 0 spiro atoms. The van der Waals surface area contributed by atoms with Gasteiger partial charge in [0.1, 0.15) is 5.75 Å². The van der Waals surface area contributed by atoms with Gasteiger partial charge in [-0.3, -0.25) is 9.69 Å². The van der Waals surface area contributed by atoms with Crippen molar-refractivity contribution in [2.24, 2.45) is 17.3 Å². The van der Waals surface area contributed by atoms with Gasteiger partial charge in [-0.2, -0.15) is 0 Å². The molecule has 0 unspecified atom stereocenters. The van der Waals surface area contributed by atoms with Gasteiger partial charge in [-0.05, 0) is 74.4 Å². The van der Waals surface area contributed by atoms with E-state index in [1.807, 2.05) is 12.1 Å². The summed E-state index contributed by atoms with van der Waals surface area (Å²) < 4.78 is 6.63. The van der Waals surface area contributed by atoms with E-state index in [9.17, 15) is 9.90 Å². The quantitative estimate of drug-likeness (QED) is 0.538. The van der Waals surface area contributed by atoms with Crippen LogP contribution in [0, 0.1) is 17.3 Å². The molecule has 0 radical (unpaired) electrons. The summed E-state index contributed by atoms with van der Waals surface area (Å²) in [5.41, 5.74) is 1.53. The van der Waals surface area contributed by atoms with Crippen LogP contribution in [0.2, 0.25) is 5.02 Å². The third-order valence-corrected chi connectivity index (χ3v) is 7.89. The minimum Gasteiger partial charge on any atom is -0.490 e. The summed E-state index contributed by atoms with van der Waals surface area (Å²) >= 11 is 6.67. The molecule has 0 atom stereocenters. The van der Waals surface area contributed by atoms with Gasteiger partial charge in [0.05, 0.1) is 17.0 Å². The number of benzene rings is 2. The van der Waals surface area contributed by atoms with E-state index in [1.54, 1.807) is 0 Å². The molecule has 2 aromatic rings. The summed E-state index contributed by atoms with van der Waals surface area (Å²) in [6, 6.07) is 10.3. The molecule has 174 valence electrons. The molecule has 1 saturated carbocycles. The number of carboxylic acid groups (broad SMARTS) is 1. The van der Waals surface area contributed by atoms with Crippen molar-refractivity contribution in [2.75, 3.05) is 13.1 Å². The number of likely N-dealkylation sites (tertiary alicyclic amines) is 1. The van der Waals surface area contributed by atoms with Crippen LogP contribution in [-0.2, 0) is 11.3 Å². The van der Waals surface area contributed by atoms with Gasteiger partial charge in [0, 0.05) is 17.5 Å². The third-order valence-electron chi connectivity index (χ3n) is 7.58. The first-order valence-corrected chi connectivity index (χ1v) is 12.4. The summed E-state index contributed by atoms with van der Waals surface area (Å²) in [5.74, 6) is 0.754. The van der Waals surface area contributed by atoms with Crippen LogP contribution in [0.4, 0.5) is 0 Å². The monoisotopic (exact) mass is 457 g/mol. The van der Waals surface area contributed by atoms with Crippen LogP contribution in [0.15, 0.2) is 30.3 Å². The maximum absolute atomic E-state index is 11.3. The zero-order valence-electron chi connectivity index (χ0n) is 19.6. The summed E-state index contributed by atoms with van der Waals surface area (Å²) in [6.07, 6.45) is 6.19. The van der Waals surface area contributed by atoms with E-state index in [2.05, 4.69) is 43.9 Å². The number of nitrogens with zero attached hydrogens (tertiary/aromatic N) is 1. The smallest absolute Gasteiger partial charge is 0.306 e. The van der Waals surface area contributed by atoms with Crippen LogP contribution >= 0.6 is 11.6 Å². The first-order valence-electron chi connectivity index (χ1n) is 12.0. The van der Waals surface area contributed by atoms with Crippen molar-refractivity contribution in [1.82, 2.24) is 4.90 Å². The minimum atomic E-state index is -0.670. The molecule has 5 heteroatoms. The highest BCUT2D eigenvalue weighted by molar-refractivity contribution is 6.35. The Labute approximate surface area is 196 Å². The van der Waals surface area contributed by atoms with E-state index in [1.165, 1.54) is 18.4 Å². The molecule has 0 aromatic heterocycles. The number of ether oxygens (including phenoxy) is 1. The standard InChI is InChI=1S/C27H36ClNO3/c1-27(2,3)19-8-10-20(11-9-19)32-25-16-24(28)22-7-5-4-6-21(22)23(25)17-29-14-12-18(13-15-29)26(30)31/h4-7,16,18-20H,8-15,17H2,1-3H3,(H,30,31). The number of piperidine rings is 1. The molecule has 2 fully saturated rings. The number of hydrogen-bond donors (Lipinski definition) is 1. The van der Waals surface area contributed by atoms with Crippen molar-refractivity contribution in [2.45, 2.75) is 71.9 Å². The Kier molecular flexibility index (Phi) is 7.02. The molecule has 1 aliphatic heterocycles. The van der Waals surface area contributed by atoms with E-state index in [4.69, 9.17) is 16.3 Å². The van der Waals surface area contributed by atoms with E-state index in [0.29, 0.717) is 18.3 Å². The van der Waals surface area contributed by atoms with E-state index < -0.39 is 5.97 Å². The number of carbonyl (C=O) groups is 1. The van der Waals surface area contributed by atoms with Crippen molar-refractivity contribution in [3.8, 4) is 5.75 Å². The first-order chi connectivity index (χ1) is 15.2. The number of rotatable bonds is 5. The molecule has 1 saturated heterocycles. The normalized spacial score (nSPS) is 23.4. The summed E-state index contributed by atoms with van der Waals surface area (Å²) in [7, 11) is 0. The Morgan fingerprint density at radius 2 is 1.69 bits per heavy atom. The number of fused-ring (bicyclic) bond motifs is 1. The van der Waals surface area contributed by atoms with Crippen molar-refractivity contribution in [3.63, 3.8) is 0 Å². The second-order valence-corrected chi connectivity index (χ2v) is 11.1. The molecular weight excluding hydrogens is 422 g/mol. The van der Waals surface area contributed by atoms with Crippen LogP contribution in [0.1, 0.15) is 64.9 Å². The molecule has 0 bridgehead atoms. The predicted molar refractivity (Wildman–Crippen MR) is 130 cm³/mol. The molecule has 4 nitrogen and oxygen atoms in total. The van der Waals surface area contributed by atoms with Gasteiger partial charge in [0.2, 0.25) is 0 Å². The van der Waals surface area contributed by atoms with Gasteiger partial charge < -0.3 is 9.84 Å². The number of hydrogen-bond acceptors (Lipinski definition) is 3. The van der Waals surface area contributed by atoms with E-state index in [0.717, 1.165) is 59.9 Å². The minimum absolute atomic E-state index is 0.220. The summed E-state index contributed by atoms with van der Waals surface area (Å²) in [5, 5.41) is 12.2. The van der Waals surface area contributed by atoms with Crippen LogP contribution in [0.5, 0.6) is 5.75 Å². The molecule has 1 heterocycles. The lowest BCUT2D eigenvalue weighted by Crippen LogP contribution is -2.36. The van der Waals surface area contributed by atoms with Gasteiger partial charge in [-0.25, -0.2) is 0 Å². The van der Waals surface area contributed by atoms with Crippen LogP contribution in [-0.4, -0.2) is 35.2 Å². The Hall–Kier alpha value is -1.78. The zero-order valence-corrected chi connectivity index (χ0v) is 20.3. The number of halogens is 1. The van der Waals surface area contributed by atoms with Gasteiger partial charge in [-0.1, -0.05) is 56.6 Å². The Morgan fingerprint density at radius 3 is 2.28 bits per heavy atom. The number of carboxylic acids is 1. The van der Waals surface area contributed by atoms with E-state index >= 15 is 0 Å². The van der Waals surface area contributed by atoms with Crippen molar-refractivity contribution in [1.29, 1.82) is 0 Å². The lowest BCUT2D eigenvalue weighted by atomic mass is 9.72. The fraction of sp³-hybridized carbons (Fsp3) is 0.593. The highest BCUT2D eigenvalue weighted by atomic mass is 35.5. The maximum atomic E-state index is 11.3. The van der Waals surface area contributed by atoms with Crippen LogP contribution < -0.4 is 4.74 Å². The Morgan fingerprint density at radius 1 is 1.06 bits per heavy atom. The van der Waals surface area contributed by atoms with Crippen molar-refractivity contribution >= 4 is 28.3 Å². The SMILES string of the molecule is CC(C)(C)C1CCC(Oc2cc(Cl)c3ccccc3c2CN2CCC(C(=O)O)CC2)CC1. The molecule has 4 rings (SSSR count). The molecule has 1 aliphatic carbocycles. The van der Waals surface area contributed by atoms with E-state index in [-0.39, 0.29) is 12.0 Å². The fourth-order valence-electron chi connectivity index (χ4n) is 5.42. The molecule has 0 amide bonds. The average molecular weight is 458 g/mol. The fourth-order valence-corrected chi connectivity index (χ4v) is 5.69. The molecule has 2 aromatic carbocycles. The van der Waals surface area contributed by atoms with Crippen LogP contribution in [0.3, 0.4) is 0 Å². The maximum Gasteiger partial charge on any atom is 0.306 e. The lowest BCUT2D eigenvalue weighted by Gasteiger charge is -2.37. The molecule has 1 N–H and O–H groups in total. The summed E-state index contributed by atoms with van der Waals surface area (Å²) in [4.78, 5) is 13.7. The zero-order chi connectivity index (χ0) is 22.9. The topological polar surface area (TPSA) is 49.8 Å². The molecule has 32 heavy (non-hydrogen) atoms. The third kappa shape index (κ3) is 5.23. The highest BCUT2D eigenvalue weighted by Gasteiger charge is 2.31. The number of aliphatic carboxylic acids is 1. The molecule has 2 aliphatic rings. The van der Waals surface area contributed by atoms with Crippen molar-refractivity contribution < 1.29 is 14.6 Å². The Balaban J connectivity index is 1.55. The average Bonchev–Trinajstić information content (AvgIpc) is 2.76. The largest absolute Gasteiger partial charge is 0.490 e. The van der Waals surface area contributed by atoms with Crippen molar-refractivity contribution in [3.05, 3.63) is 40.9 Å². The Bertz CT molecular complexity index is 951. The van der Waals surface area contributed by atoms with Gasteiger partial charge >= 0.3 is 5.97 Å². The van der Waals surface area contributed by atoms with Gasteiger partial charge in [-0.15, -0.1) is 0 Å². The first kappa shape index (κ1) is 23.4. The predicted octanol–water partition coefficient (Wildman–Crippen LogP) is 6.77. The van der Waals surface area contributed by atoms with Gasteiger partial charge in [0.25, 0.3) is 0 Å². The van der Waals surface area contributed by atoms with Gasteiger partial charge in [0.15, 0.2) is 0 Å². The van der Waals surface area contributed by atoms with Crippen LogP contribution in [0.25, 0.3) is 10.8 Å². The lowest BCUT2D eigenvalue weighted by molar-refractivity contribution is -0.143. The molecular formula is C27H36ClNO3. The second-order valence-electron chi connectivity index (χ2n) is 10.7. The second kappa shape index (κ2) is 9.61. The highest BCUT2D eigenvalue weighted by Crippen LogP contribution is 2.41.